The van der Waals surface area contributed by atoms with Crippen molar-refractivity contribution in [2.75, 3.05) is 13.2 Å². The van der Waals surface area contributed by atoms with Gasteiger partial charge in [0, 0.05) is 12.1 Å². The van der Waals surface area contributed by atoms with E-state index in [0.29, 0.717) is 30.0 Å². The highest BCUT2D eigenvalue weighted by molar-refractivity contribution is 7.59. The highest BCUT2D eigenvalue weighted by Gasteiger charge is 2.45. The van der Waals surface area contributed by atoms with Crippen molar-refractivity contribution in [1.82, 2.24) is 10.2 Å². The third kappa shape index (κ3) is 6.71. The molecule has 2 aliphatic rings. The number of amides is 2. The quantitative estimate of drug-likeness (QED) is 0.614. The minimum Gasteiger partial charge on any atom is -0.461 e. The van der Waals surface area contributed by atoms with Gasteiger partial charge in [-0.05, 0) is 38.2 Å². The molecule has 0 bridgehead atoms. The summed E-state index contributed by atoms with van der Waals surface area (Å²) >= 11 is 0. The minimum atomic E-state index is -0.718. The number of nitrogens with one attached hydrogen (secondary N) is 1. The molecule has 7 nitrogen and oxygen atoms in total. The summed E-state index contributed by atoms with van der Waals surface area (Å²) in [6.45, 7) is 6.31. The van der Waals surface area contributed by atoms with Gasteiger partial charge < -0.3 is 19.4 Å². The second-order valence-corrected chi connectivity index (χ2v) is 9.04. The third-order valence-electron chi connectivity index (χ3n) is 6.16. The standard InChI is InChI=1S/C25H30N2O5.CH4.2H2S/c1-15(2)12-19(25(30)27-11-7-10-21-23(27)20(28)14-31-21)26-24(29)18-13-22(32-16(18)3)17-8-5-4-6-9-17;;;/h4-6,8-9,13,15,19,21,23H,7,10-12,14H2,1-3H3,(H,26,29);1H4;2*1H2/t19-,21+,23+;;;/m0.../s1. The maximum absolute atomic E-state index is 13.5. The number of carbonyl (C=O) groups excluding carboxylic acids is 3. The fraction of sp³-hybridized carbons (Fsp3) is 0.500. The summed E-state index contributed by atoms with van der Waals surface area (Å²) in [5.41, 5.74) is 1.28. The lowest BCUT2D eigenvalue weighted by molar-refractivity contribution is -0.142. The molecule has 2 aromatic rings. The molecule has 2 aliphatic heterocycles. The Morgan fingerprint density at radius 2 is 1.86 bits per heavy atom. The highest BCUT2D eigenvalue weighted by atomic mass is 32.1. The molecule has 3 atom stereocenters. The van der Waals surface area contributed by atoms with E-state index in [0.717, 1.165) is 18.4 Å². The molecule has 2 fully saturated rings. The van der Waals surface area contributed by atoms with E-state index < -0.39 is 12.1 Å². The number of nitrogens with zero attached hydrogens (tertiary/aromatic N) is 1. The van der Waals surface area contributed by atoms with Crippen molar-refractivity contribution in [2.45, 2.75) is 65.6 Å². The van der Waals surface area contributed by atoms with E-state index in [4.69, 9.17) is 9.15 Å². The molecule has 1 N–H and O–H groups in total. The van der Waals surface area contributed by atoms with E-state index in [-0.39, 0.29) is 70.6 Å². The Hall–Kier alpha value is -2.23. The summed E-state index contributed by atoms with van der Waals surface area (Å²) < 4.78 is 11.4. The number of piperidine rings is 1. The average molecular weight is 523 g/mol. The van der Waals surface area contributed by atoms with Crippen LogP contribution < -0.4 is 5.32 Å². The van der Waals surface area contributed by atoms with Crippen LogP contribution in [0, 0.1) is 12.8 Å². The van der Waals surface area contributed by atoms with Crippen molar-refractivity contribution in [3.05, 3.63) is 47.7 Å². The van der Waals surface area contributed by atoms with Gasteiger partial charge in [-0.15, -0.1) is 0 Å². The lowest BCUT2D eigenvalue weighted by Crippen LogP contribution is -2.58. The first-order valence-corrected chi connectivity index (χ1v) is 11.3. The van der Waals surface area contributed by atoms with Gasteiger partial charge in [-0.25, -0.2) is 0 Å². The number of rotatable bonds is 6. The molecule has 0 unspecified atom stereocenters. The maximum Gasteiger partial charge on any atom is 0.255 e. The van der Waals surface area contributed by atoms with E-state index >= 15 is 0 Å². The number of furan rings is 1. The number of benzene rings is 1. The number of likely N-dealkylation sites (tertiary alicyclic amines) is 1. The first-order valence-electron chi connectivity index (χ1n) is 11.3. The number of hydrogen-bond donors (Lipinski definition) is 1. The van der Waals surface area contributed by atoms with E-state index in [1.54, 1.807) is 17.9 Å². The molecule has 1 aromatic carbocycles. The Morgan fingerprint density at radius 1 is 1.17 bits per heavy atom. The fourth-order valence-electron chi connectivity index (χ4n) is 4.62. The van der Waals surface area contributed by atoms with Crippen LogP contribution in [0.3, 0.4) is 0 Å². The molecule has 2 amide bonds. The Labute approximate surface area is 221 Å². The van der Waals surface area contributed by atoms with Crippen LogP contribution >= 0.6 is 27.0 Å². The predicted octanol–water partition coefficient (Wildman–Crippen LogP) is 4.22. The molecule has 0 spiro atoms. The molecular formula is C26H38N2O5S2. The van der Waals surface area contributed by atoms with Crippen molar-refractivity contribution >= 4 is 44.6 Å². The van der Waals surface area contributed by atoms with E-state index in [1.807, 2.05) is 44.2 Å². The number of carbonyl (C=O) groups is 3. The molecule has 9 heteroatoms. The number of ether oxygens (including phenoxy) is 1. The van der Waals surface area contributed by atoms with Gasteiger partial charge >= 0.3 is 0 Å². The molecule has 2 saturated heterocycles. The van der Waals surface area contributed by atoms with Crippen LogP contribution in [0.15, 0.2) is 40.8 Å². The lowest BCUT2D eigenvalue weighted by atomic mass is 9.95. The van der Waals surface area contributed by atoms with Crippen LogP contribution in [0.1, 0.15) is 56.7 Å². The van der Waals surface area contributed by atoms with Crippen molar-refractivity contribution in [2.24, 2.45) is 5.92 Å². The van der Waals surface area contributed by atoms with Crippen LogP contribution in [-0.4, -0.2) is 53.8 Å². The molecular weight excluding hydrogens is 484 g/mol. The zero-order valence-electron chi connectivity index (χ0n) is 19.8. The van der Waals surface area contributed by atoms with Crippen molar-refractivity contribution < 1.29 is 23.5 Å². The Morgan fingerprint density at radius 3 is 2.51 bits per heavy atom. The summed E-state index contributed by atoms with van der Waals surface area (Å²) in [6.07, 6.45) is 1.80. The molecule has 35 heavy (non-hydrogen) atoms. The van der Waals surface area contributed by atoms with Crippen LogP contribution in [0.2, 0.25) is 0 Å². The molecule has 1 aromatic heterocycles. The van der Waals surface area contributed by atoms with Crippen molar-refractivity contribution in [3.63, 3.8) is 0 Å². The highest BCUT2D eigenvalue weighted by Crippen LogP contribution is 2.28. The van der Waals surface area contributed by atoms with Gasteiger partial charge in [0.05, 0.1) is 11.7 Å². The Balaban J connectivity index is 0.00000204. The van der Waals surface area contributed by atoms with Crippen molar-refractivity contribution in [1.29, 1.82) is 0 Å². The number of hydrogen-bond acceptors (Lipinski definition) is 5. The second kappa shape index (κ2) is 13.2. The molecule has 194 valence electrons. The fourth-order valence-corrected chi connectivity index (χ4v) is 4.62. The van der Waals surface area contributed by atoms with Gasteiger partial charge in [-0.3, -0.25) is 14.4 Å². The van der Waals surface area contributed by atoms with Crippen LogP contribution in [0.5, 0.6) is 0 Å². The summed E-state index contributed by atoms with van der Waals surface area (Å²) in [6, 6.07) is 10.0. The second-order valence-electron chi connectivity index (χ2n) is 9.04. The number of fused-ring (bicyclic) bond motifs is 1. The minimum absolute atomic E-state index is 0. The Kier molecular flexibility index (Phi) is 11.6. The molecule has 4 rings (SSSR count). The van der Waals surface area contributed by atoms with Gasteiger partial charge in [-0.2, -0.15) is 27.0 Å². The smallest absolute Gasteiger partial charge is 0.255 e. The molecule has 0 saturated carbocycles. The van der Waals surface area contributed by atoms with Gasteiger partial charge in [0.15, 0.2) is 5.78 Å². The van der Waals surface area contributed by atoms with Gasteiger partial charge in [0.2, 0.25) is 5.91 Å². The Bertz CT molecular complexity index is 1010. The number of Topliss-reactive ketones (excluding diaryl/α,β-unsaturated/α-hetero) is 1. The lowest BCUT2D eigenvalue weighted by Gasteiger charge is -2.37. The van der Waals surface area contributed by atoms with Gasteiger partial charge in [0.25, 0.3) is 5.91 Å². The third-order valence-corrected chi connectivity index (χ3v) is 6.16. The van der Waals surface area contributed by atoms with Crippen LogP contribution in [0.4, 0.5) is 0 Å². The monoisotopic (exact) mass is 522 g/mol. The summed E-state index contributed by atoms with van der Waals surface area (Å²) in [4.78, 5) is 40.6. The van der Waals surface area contributed by atoms with E-state index in [2.05, 4.69) is 5.32 Å². The van der Waals surface area contributed by atoms with E-state index in [9.17, 15) is 14.4 Å². The predicted molar refractivity (Wildman–Crippen MR) is 147 cm³/mol. The SMILES string of the molecule is C.Cc1oc(-c2ccccc2)cc1C(=O)N[C@@H](CC(C)C)C(=O)N1CCC[C@H]2OCC(=O)[C@H]21.S.S. The van der Waals surface area contributed by atoms with Crippen molar-refractivity contribution in [3.8, 4) is 11.3 Å². The zero-order chi connectivity index (χ0) is 22.8. The summed E-state index contributed by atoms with van der Waals surface area (Å²) in [5, 5.41) is 2.92. The molecule has 0 aliphatic carbocycles. The van der Waals surface area contributed by atoms with Crippen LogP contribution in [0.25, 0.3) is 11.3 Å². The van der Waals surface area contributed by atoms with Gasteiger partial charge in [0.1, 0.15) is 30.2 Å². The summed E-state index contributed by atoms with van der Waals surface area (Å²) in [7, 11) is 0. The topological polar surface area (TPSA) is 88.8 Å². The molecule has 3 heterocycles. The zero-order valence-corrected chi connectivity index (χ0v) is 21.8. The first-order chi connectivity index (χ1) is 15.3. The summed E-state index contributed by atoms with van der Waals surface area (Å²) in [5.74, 6) is 0.656. The molecule has 0 radical (unpaired) electrons. The normalized spacial score (nSPS) is 19.7. The first kappa shape index (κ1) is 30.8. The number of aryl methyl sites for hydroxylation is 1. The average Bonchev–Trinajstić information content (AvgIpc) is 3.36. The van der Waals surface area contributed by atoms with Crippen LogP contribution in [-0.2, 0) is 14.3 Å². The number of ketones is 1. The maximum atomic E-state index is 13.5. The van der Waals surface area contributed by atoms with Gasteiger partial charge in [-0.1, -0.05) is 51.6 Å². The van der Waals surface area contributed by atoms with E-state index in [1.165, 1.54) is 0 Å². The largest absolute Gasteiger partial charge is 0.461 e.